The molecule has 0 aliphatic heterocycles. The van der Waals surface area contributed by atoms with E-state index in [0.29, 0.717) is 11.1 Å². The highest BCUT2D eigenvalue weighted by atomic mass is 35.5. The predicted molar refractivity (Wildman–Crippen MR) is 52.6 cm³/mol. The number of carboxylic acid groups (broad SMARTS) is 1. The van der Waals surface area contributed by atoms with Crippen LogP contribution in [0.3, 0.4) is 0 Å². The summed E-state index contributed by atoms with van der Waals surface area (Å²) in [6.45, 7) is 1.62. The van der Waals surface area contributed by atoms with Crippen molar-refractivity contribution in [1.82, 2.24) is 0 Å². The molecule has 1 aromatic rings. The first-order valence-electron chi connectivity index (χ1n) is 3.87. The van der Waals surface area contributed by atoms with E-state index >= 15 is 0 Å². The van der Waals surface area contributed by atoms with Crippen molar-refractivity contribution in [3.05, 3.63) is 41.2 Å². The molecular weight excluding hydrogens is 207 g/mol. The Morgan fingerprint density at radius 1 is 1.57 bits per heavy atom. The van der Waals surface area contributed by atoms with Gasteiger partial charge in [-0.1, -0.05) is 23.7 Å². The summed E-state index contributed by atoms with van der Waals surface area (Å²) in [5.41, 5.74) is 0.853. The third kappa shape index (κ3) is 2.57. The van der Waals surface area contributed by atoms with Gasteiger partial charge in [-0.3, -0.25) is 0 Å². The number of halogens is 2. The highest BCUT2D eigenvalue weighted by molar-refractivity contribution is 6.50. The molecule has 0 saturated heterocycles. The van der Waals surface area contributed by atoms with E-state index in [9.17, 15) is 9.18 Å². The van der Waals surface area contributed by atoms with Gasteiger partial charge in [-0.2, -0.15) is 0 Å². The molecule has 0 aliphatic rings. The molecule has 4 heteroatoms. The maximum absolute atomic E-state index is 13.0. The van der Waals surface area contributed by atoms with E-state index in [4.69, 9.17) is 16.7 Å². The van der Waals surface area contributed by atoms with Crippen molar-refractivity contribution < 1.29 is 14.3 Å². The Labute approximate surface area is 85.6 Å². The second kappa shape index (κ2) is 4.24. The molecule has 2 nitrogen and oxygen atoms in total. The Bertz CT molecular complexity index is 399. The van der Waals surface area contributed by atoms with Gasteiger partial charge in [0, 0.05) is 6.08 Å². The summed E-state index contributed by atoms with van der Waals surface area (Å²) in [7, 11) is 0. The number of carbonyl (C=O) groups is 1. The predicted octanol–water partition coefficient (Wildman–Crippen LogP) is 2.80. The van der Waals surface area contributed by atoms with Gasteiger partial charge in [-0.15, -0.1) is 0 Å². The van der Waals surface area contributed by atoms with E-state index < -0.39 is 11.8 Å². The third-order valence-electron chi connectivity index (χ3n) is 1.70. The fourth-order valence-corrected chi connectivity index (χ4v) is 1.14. The lowest BCUT2D eigenvalue weighted by Gasteiger charge is -2.00. The molecule has 0 amide bonds. The lowest BCUT2D eigenvalue weighted by molar-refractivity contribution is -0.131. The summed E-state index contributed by atoms with van der Waals surface area (Å²) < 4.78 is 13.0. The van der Waals surface area contributed by atoms with Crippen molar-refractivity contribution in [3.8, 4) is 0 Å². The Kier molecular flexibility index (Phi) is 3.25. The van der Waals surface area contributed by atoms with Crippen LogP contribution in [0.15, 0.2) is 24.3 Å². The van der Waals surface area contributed by atoms with Gasteiger partial charge in [-0.25, -0.2) is 9.18 Å². The van der Waals surface area contributed by atoms with Crippen LogP contribution in [0.1, 0.15) is 11.1 Å². The number of carboxylic acids is 1. The molecule has 0 spiro atoms. The monoisotopic (exact) mass is 214 g/mol. The average molecular weight is 215 g/mol. The SMILES string of the molecule is Cc1ccc(/C(Cl)=C/C(=O)O)cc1F. The van der Waals surface area contributed by atoms with Crippen LogP contribution in [0.5, 0.6) is 0 Å². The summed E-state index contributed by atoms with van der Waals surface area (Å²) in [6.07, 6.45) is 0.825. The smallest absolute Gasteiger partial charge is 0.329 e. The van der Waals surface area contributed by atoms with Crippen molar-refractivity contribution in [2.75, 3.05) is 0 Å². The zero-order chi connectivity index (χ0) is 10.7. The van der Waals surface area contributed by atoms with E-state index in [1.54, 1.807) is 19.1 Å². The van der Waals surface area contributed by atoms with Crippen molar-refractivity contribution in [2.24, 2.45) is 0 Å². The van der Waals surface area contributed by atoms with Gasteiger partial charge in [-0.05, 0) is 24.1 Å². The molecule has 14 heavy (non-hydrogen) atoms. The van der Waals surface area contributed by atoms with E-state index in [1.807, 2.05) is 0 Å². The van der Waals surface area contributed by atoms with Crippen LogP contribution < -0.4 is 0 Å². The number of hydrogen-bond donors (Lipinski definition) is 1. The zero-order valence-corrected chi connectivity index (χ0v) is 8.18. The highest BCUT2D eigenvalue weighted by Crippen LogP contribution is 2.20. The lowest BCUT2D eigenvalue weighted by atomic mass is 10.1. The van der Waals surface area contributed by atoms with Crippen molar-refractivity contribution >= 4 is 22.6 Å². The van der Waals surface area contributed by atoms with Gasteiger partial charge in [0.1, 0.15) is 5.82 Å². The molecule has 0 atom stereocenters. The Balaban J connectivity index is 3.09. The molecule has 0 bridgehead atoms. The van der Waals surface area contributed by atoms with Crippen LogP contribution in [0, 0.1) is 12.7 Å². The first kappa shape index (κ1) is 10.7. The zero-order valence-electron chi connectivity index (χ0n) is 7.42. The molecule has 0 radical (unpaired) electrons. The van der Waals surface area contributed by atoms with E-state index in [1.165, 1.54) is 6.07 Å². The molecule has 74 valence electrons. The molecule has 1 aromatic carbocycles. The molecule has 1 N–H and O–H groups in total. The second-order valence-corrected chi connectivity index (χ2v) is 3.20. The van der Waals surface area contributed by atoms with E-state index in [0.717, 1.165) is 6.08 Å². The topological polar surface area (TPSA) is 37.3 Å². The summed E-state index contributed by atoms with van der Waals surface area (Å²) in [5, 5.41) is 8.43. The quantitative estimate of drug-likeness (QED) is 0.769. The molecule has 0 heterocycles. The van der Waals surface area contributed by atoms with E-state index in [-0.39, 0.29) is 5.03 Å². The number of rotatable bonds is 2. The molecule has 0 unspecified atom stereocenters. The standard InChI is InChI=1S/C10H8ClFO2/c1-6-2-3-7(4-9(6)12)8(11)5-10(13)14/h2-5H,1H3,(H,13,14)/b8-5-. The maximum Gasteiger partial charge on any atom is 0.329 e. The molecule has 0 saturated carbocycles. The van der Waals surface area contributed by atoms with Gasteiger partial charge in [0.05, 0.1) is 5.03 Å². The fourth-order valence-electron chi connectivity index (χ4n) is 0.933. The van der Waals surface area contributed by atoms with Gasteiger partial charge < -0.3 is 5.11 Å². The number of aryl methyl sites for hydroxylation is 1. The summed E-state index contributed by atoms with van der Waals surface area (Å²) in [5.74, 6) is -1.56. The largest absolute Gasteiger partial charge is 0.478 e. The van der Waals surface area contributed by atoms with Crippen LogP contribution in [0.2, 0.25) is 0 Å². The van der Waals surface area contributed by atoms with Gasteiger partial charge in [0.25, 0.3) is 0 Å². The van der Waals surface area contributed by atoms with Crippen LogP contribution in [0.25, 0.3) is 5.03 Å². The van der Waals surface area contributed by atoms with Crippen molar-refractivity contribution in [2.45, 2.75) is 6.92 Å². The molecule has 0 aromatic heterocycles. The minimum absolute atomic E-state index is 0.0106. The Morgan fingerprint density at radius 3 is 2.71 bits per heavy atom. The summed E-state index contributed by atoms with van der Waals surface area (Å²) in [4.78, 5) is 10.3. The minimum Gasteiger partial charge on any atom is -0.478 e. The Morgan fingerprint density at radius 2 is 2.21 bits per heavy atom. The minimum atomic E-state index is -1.16. The number of hydrogen-bond acceptors (Lipinski definition) is 1. The average Bonchev–Trinajstić information content (AvgIpc) is 2.08. The highest BCUT2D eigenvalue weighted by Gasteiger charge is 2.03. The fraction of sp³-hybridized carbons (Fsp3) is 0.100. The molecule has 1 rings (SSSR count). The maximum atomic E-state index is 13.0. The second-order valence-electron chi connectivity index (χ2n) is 2.79. The van der Waals surface area contributed by atoms with Crippen LogP contribution in [-0.2, 0) is 4.79 Å². The summed E-state index contributed by atoms with van der Waals surface area (Å²) >= 11 is 5.64. The van der Waals surface area contributed by atoms with Crippen LogP contribution in [-0.4, -0.2) is 11.1 Å². The number of aliphatic carboxylic acids is 1. The summed E-state index contributed by atoms with van der Waals surface area (Å²) in [6, 6.07) is 4.32. The van der Waals surface area contributed by atoms with Crippen molar-refractivity contribution in [3.63, 3.8) is 0 Å². The first-order chi connectivity index (χ1) is 6.50. The van der Waals surface area contributed by atoms with Crippen LogP contribution >= 0.6 is 11.6 Å². The normalized spacial score (nSPS) is 11.5. The van der Waals surface area contributed by atoms with E-state index in [2.05, 4.69) is 0 Å². The molecule has 0 aliphatic carbocycles. The number of benzene rings is 1. The van der Waals surface area contributed by atoms with Gasteiger partial charge in [0.2, 0.25) is 0 Å². The Hall–Kier alpha value is -1.35. The molecule has 0 fully saturated rings. The van der Waals surface area contributed by atoms with Gasteiger partial charge in [0.15, 0.2) is 0 Å². The molecular formula is C10H8ClFO2. The van der Waals surface area contributed by atoms with Gasteiger partial charge >= 0.3 is 5.97 Å². The van der Waals surface area contributed by atoms with Crippen LogP contribution in [0.4, 0.5) is 4.39 Å². The van der Waals surface area contributed by atoms with Crippen molar-refractivity contribution in [1.29, 1.82) is 0 Å². The first-order valence-corrected chi connectivity index (χ1v) is 4.25. The lowest BCUT2D eigenvalue weighted by Crippen LogP contribution is -1.90. The third-order valence-corrected chi connectivity index (χ3v) is 2.03.